The molecule has 0 heterocycles. The Morgan fingerprint density at radius 1 is 0.810 bits per heavy atom. The molecule has 0 aromatic heterocycles. The number of carbonyl (C=O) groups is 2. The number of fused-ring (bicyclic) bond motifs is 3. The summed E-state index contributed by atoms with van der Waals surface area (Å²) in [6.07, 6.45) is 9.06. The second-order valence-corrected chi connectivity index (χ2v) is 12.4. The maximum atomic E-state index is 13.9. The lowest BCUT2D eigenvalue weighted by molar-refractivity contribution is -0.137. The molecule has 5 nitrogen and oxygen atoms in total. The minimum Gasteiger partial charge on any atom is -0.493 e. The molecule has 0 spiro atoms. The number of hydrogen-bond acceptors (Lipinski definition) is 3. The van der Waals surface area contributed by atoms with Crippen LogP contribution in [0.15, 0.2) is 78.9 Å². The van der Waals surface area contributed by atoms with Crippen molar-refractivity contribution in [2.45, 2.75) is 101 Å². The van der Waals surface area contributed by atoms with E-state index >= 15 is 0 Å². The van der Waals surface area contributed by atoms with Gasteiger partial charge in [-0.3, -0.25) is 9.59 Å². The average Bonchev–Trinajstić information content (AvgIpc) is 3.04. The van der Waals surface area contributed by atoms with Gasteiger partial charge in [0.25, 0.3) is 5.91 Å². The molecule has 222 valence electrons. The van der Waals surface area contributed by atoms with Crippen molar-refractivity contribution in [1.29, 1.82) is 0 Å². The van der Waals surface area contributed by atoms with Crippen molar-refractivity contribution in [2.24, 2.45) is 0 Å². The molecule has 5 heteroatoms. The Kier molecular flexibility index (Phi) is 8.53. The van der Waals surface area contributed by atoms with Gasteiger partial charge in [0.1, 0.15) is 5.75 Å². The standard InChI is InChI=1S/C37H45NO4/c1-28(2)38(27-30-11-8-9-14-33(30)42-26-10-4-7-15-34(39)40)35(41)29-16-18-32(19-17-29)37-23-20-36(21-24-37,22-25-37)31-12-5-3-6-13-31/h3,5-6,8-9,11-14,16-19,28H,4,7,10,15,20-27H2,1-2H3,(H,39,40)/i27D2. The molecular formula is C37H45NO4. The zero-order valence-electron chi connectivity index (χ0n) is 27.0. The minimum absolute atomic E-state index is 0.127. The summed E-state index contributed by atoms with van der Waals surface area (Å²) in [5.74, 6) is -0.771. The summed E-state index contributed by atoms with van der Waals surface area (Å²) < 4.78 is 24.3. The van der Waals surface area contributed by atoms with Crippen LogP contribution in [0, 0.1) is 0 Å². The molecule has 3 fully saturated rings. The molecule has 1 amide bonds. The molecule has 3 saturated carbocycles. The average molecular weight is 570 g/mol. The third-order valence-corrected chi connectivity index (χ3v) is 9.53. The van der Waals surface area contributed by atoms with Crippen LogP contribution in [-0.2, 0) is 22.1 Å². The summed E-state index contributed by atoms with van der Waals surface area (Å²) in [7, 11) is 0. The zero-order valence-corrected chi connectivity index (χ0v) is 25.0. The first-order chi connectivity index (χ1) is 21.1. The number of ether oxygens (including phenoxy) is 1. The van der Waals surface area contributed by atoms with Gasteiger partial charge >= 0.3 is 5.97 Å². The van der Waals surface area contributed by atoms with E-state index in [0.29, 0.717) is 48.2 Å². The molecule has 3 aliphatic rings. The van der Waals surface area contributed by atoms with Gasteiger partial charge in [0.05, 0.1) is 9.35 Å². The molecule has 6 rings (SSSR count). The Hall–Kier alpha value is -3.60. The number of unbranched alkanes of at least 4 members (excludes halogenated alkanes) is 2. The third kappa shape index (κ3) is 6.56. The number of para-hydroxylation sites is 1. The number of aliphatic carboxylic acids is 1. The summed E-state index contributed by atoms with van der Waals surface area (Å²) in [4.78, 5) is 26.0. The van der Waals surface area contributed by atoms with E-state index in [1.165, 1.54) is 35.3 Å². The lowest BCUT2D eigenvalue weighted by atomic mass is 9.50. The predicted molar refractivity (Wildman–Crippen MR) is 167 cm³/mol. The summed E-state index contributed by atoms with van der Waals surface area (Å²) in [6.45, 7) is 1.89. The third-order valence-electron chi connectivity index (χ3n) is 9.53. The fourth-order valence-electron chi connectivity index (χ4n) is 6.92. The molecular weight excluding hydrogens is 522 g/mol. The van der Waals surface area contributed by atoms with Crippen LogP contribution in [0.5, 0.6) is 5.75 Å². The second kappa shape index (κ2) is 13.1. The fourth-order valence-corrected chi connectivity index (χ4v) is 6.92. The molecule has 3 aromatic rings. The van der Waals surface area contributed by atoms with Crippen LogP contribution in [-0.4, -0.2) is 34.5 Å². The van der Waals surface area contributed by atoms with Crippen LogP contribution >= 0.6 is 0 Å². The summed E-state index contributed by atoms with van der Waals surface area (Å²) >= 11 is 0. The van der Waals surface area contributed by atoms with Gasteiger partial charge in [0.15, 0.2) is 0 Å². The maximum Gasteiger partial charge on any atom is 0.303 e. The van der Waals surface area contributed by atoms with Gasteiger partial charge in [0.2, 0.25) is 0 Å². The molecule has 2 bridgehead atoms. The highest BCUT2D eigenvalue weighted by molar-refractivity contribution is 5.94. The normalized spacial score (nSPS) is 22.4. The van der Waals surface area contributed by atoms with Crippen molar-refractivity contribution in [3.63, 3.8) is 0 Å². The SMILES string of the molecule is [2H]C([2H])(c1ccccc1OCCCCCC(=O)O)N(C(=O)c1ccc(C23CCC(c4ccccc4)(CC2)CC3)cc1)C(C)C. The first-order valence-electron chi connectivity index (χ1n) is 16.5. The van der Waals surface area contributed by atoms with Crippen molar-refractivity contribution in [2.75, 3.05) is 6.61 Å². The lowest BCUT2D eigenvalue weighted by Gasteiger charge is -2.54. The van der Waals surface area contributed by atoms with Crippen LogP contribution < -0.4 is 4.74 Å². The number of amides is 1. The highest BCUT2D eigenvalue weighted by Gasteiger charge is 2.49. The van der Waals surface area contributed by atoms with Crippen molar-refractivity contribution < 1.29 is 22.2 Å². The van der Waals surface area contributed by atoms with Gasteiger partial charge in [0, 0.05) is 30.1 Å². The number of carboxylic acids is 1. The molecule has 0 unspecified atom stereocenters. The van der Waals surface area contributed by atoms with Crippen LogP contribution in [0.25, 0.3) is 0 Å². The maximum absolute atomic E-state index is 13.9. The number of nitrogens with zero attached hydrogens (tertiary/aromatic N) is 1. The van der Waals surface area contributed by atoms with Crippen molar-refractivity contribution in [3.8, 4) is 5.75 Å². The Morgan fingerprint density at radius 3 is 1.98 bits per heavy atom. The van der Waals surface area contributed by atoms with E-state index in [0.717, 1.165) is 19.3 Å². The van der Waals surface area contributed by atoms with Crippen LogP contribution in [0.4, 0.5) is 0 Å². The van der Waals surface area contributed by atoms with Crippen molar-refractivity contribution in [3.05, 3.63) is 101 Å². The number of rotatable bonds is 13. The molecule has 0 aliphatic heterocycles. The largest absolute Gasteiger partial charge is 0.493 e. The second-order valence-electron chi connectivity index (χ2n) is 12.4. The van der Waals surface area contributed by atoms with Gasteiger partial charge < -0.3 is 14.7 Å². The zero-order chi connectivity index (χ0) is 31.4. The van der Waals surface area contributed by atoms with Crippen molar-refractivity contribution in [1.82, 2.24) is 4.90 Å². The van der Waals surface area contributed by atoms with Crippen LogP contribution in [0.3, 0.4) is 0 Å². The smallest absolute Gasteiger partial charge is 0.303 e. The van der Waals surface area contributed by atoms with Crippen LogP contribution in [0.2, 0.25) is 0 Å². The quantitative estimate of drug-likeness (QED) is 0.210. The fraction of sp³-hybridized carbons (Fsp3) is 0.459. The minimum atomic E-state index is -2.12. The van der Waals surface area contributed by atoms with Gasteiger partial charge in [-0.1, -0.05) is 60.7 Å². The highest BCUT2D eigenvalue weighted by atomic mass is 16.5. The topological polar surface area (TPSA) is 66.8 Å². The summed E-state index contributed by atoms with van der Waals surface area (Å²) in [5.41, 5.74) is 3.98. The summed E-state index contributed by atoms with van der Waals surface area (Å²) in [6, 6.07) is 25.5. The van der Waals surface area contributed by atoms with E-state index in [1.807, 2.05) is 26.0 Å². The molecule has 3 aromatic carbocycles. The molecule has 0 atom stereocenters. The Bertz CT molecular complexity index is 1410. The molecule has 0 saturated heterocycles. The molecule has 3 aliphatic carbocycles. The number of hydrogen-bond donors (Lipinski definition) is 1. The molecule has 42 heavy (non-hydrogen) atoms. The monoisotopic (exact) mass is 569 g/mol. The van der Waals surface area contributed by atoms with Gasteiger partial charge in [-0.05, 0) is 112 Å². The van der Waals surface area contributed by atoms with Gasteiger partial charge in [-0.25, -0.2) is 0 Å². The Morgan fingerprint density at radius 2 is 1.38 bits per heavy atom. The Labute approximate surface area is 253 Å². The van der Waals surface area contributed by atoms with Gasteiger partial charge in [-0.15, -0.1) is 0 Å². The number of benzene rings is 3. The molecule has 0 radical (unpaired) electrons. The van der Waals surface area contributed by atoms with E-state index in [4.69, 9.17) is 12.6 Å². The van der Waals surface area contributed by atoms with E-state index in [-0.39, 0.29) is 17.7 Å². The first-order valence-corrected chi connectivity index (χ1v) is 15.5. The first kappa shape index (κ1) is 27.2. The number of carbonyl (C=O) groups excluding carboxylic acids is 1. The van der Waals surface area contributed by atoms with E-state index in [9.17, 15) is 9.59 Å². The Balaban J connectivity index is 1.29. The summed E-state index contributed by atoms with van der Waals surface area (Å²) in [5, 5.41) is 8.83. The highest BCUT2D eigenvalue weighted by Crippen LogP contribution is 2.58. The lowest BCUT2D eigenvalue weighted by Crippen LogP contribution is -2.46. The van der Waals surface area contributed by atoms with E-state index < -0.39 is 18.5 Å². The number of carboxylic acid groups (broad SMARTS) is 1. The van der Waals surface area contributed by atoms with E-state index in [1.54, 1.807) is 24.3 Å². The van der Waals surface area contributed by atoms with Crippen LogP contribution in [0.1, 0.15) is 108 Å². The van der Waals surface area contributed by atoms with Gasteiger partial charge in [-0.2, -0.15) is 0 Å². The molecule has 1 N–H and O–H groups in total. The van der Waals surface area contributed by atoms with E-state index in [2.05, 4.69) is 42.5 Å². The van der Waals surface area contributed by atoms with Crippen molar-refractivity contribution >= 4 is 11.9 Å². The predicted octanol–water partition coefficient (Wildman–Crippen LogP) is 8.30.